The Bertz CT molecular complexity index is 584. The molecule has 118 valence electrons. The molecule has 1 aromatic rings. The summed E-state index contributed by atoms with van der Waals surface area (Å²) in [4.78, 5) is 0. The quantitative estimate of drug-likeness (QED) is 0.842. The Morgan fingerprint density at radius 1 is 1.29 bits per heavy atom. The summed E-state index contributed by atoms with van der Waals surface area (Å²) in [7, 11) is -3.15. The van der Waals surface area contributed by atoms with Crippen molar-refractivity contribution in [2.24, 2.45) is 0 Å². The van der Waals surface area contributed by atoms with Crippen LogP contribution in [0.15, 0.2) is 18.2 Å². The molecule has 0 aliphatic carbocycles. The zero-order valence-corrected chi connectivity index (χ0v) is 14.0. The fraction of sp³-hybridized carbons (Fsp3) is 0.625. The van der Waals surface area contributed by atoms with Gasteiger partial charge in [0.2, 0.25) is 10.0 Å². The van der Waals surface area contributed by atoms with Gasteiger partial charge >= 0.3 is 0 Å². The summed E-state index contributed by atoms with van der Waals surface area (Å²) < 4.78 is 26.1. The largest absolute Gasteiger partial charge is 0.310 e. The highest BCUT2D eigenvalue weighted by atomic mass is 32.2. The fourth-order valence-electron chi connectivity index (χ4n) is 2.80. The summed E-state index contributed by atoms with van der Waals surface area (Å²) in [6, 6.07) is 6.47. The van der Waals surface area contributed by atoms with Crippen molar-refractivity contribution in [3.05, 3.63) is 29.3 Å². The predicted octanol–water partition coefficient (Wildman–Crippen LogP) is 2.85. The highest BCUT2D eigenvalue weighted by Gasteiger charge is 2.28. The van der Waals surface area contributed by atoms with E-state index in [1.165, 1.54) is 5.56 Å². The van der Waals surface area contributed by atoms with Crippen LogP contribution in [0.2, 0.25) is 0 Å². The second-order valence-corrected chi connectivity index (χ2v) is 7.71. The third-order valence-corrected chi connectivity index (χ3v) is 5.93. The van der Waals surface area contributed by atoms with Gasteiger partial charge in [0, 0.05) is 12.6 Å². The van der Waals surface area contributed by atoms with Gasteiger partial charge < -0.3 is 5.32 Å². The Balaban J connectivity index is 2.20. The number of nitrogens with one attached hydrogen (secondary N) is 1. The van der Waals surface area contributed by atoms with Crippen molar-refractivity contribution in [2.75, 3.05) is 23.1 Å². The predicted molar refractivity (Wildman–Crippen MR) is 88.3 cm³/mol. The van der Waals surface area contributed by atoms with E-state index in [4.69, 9.17) is 0 Å². The molecule has 2 rings (SSSR count). The van der Waals surface area contributed by atoms with Crippen LogP contribution in [0.4, 0.5) is 5.69 Å². The molecule has 21 heavy (non-hydrogen) atoms. The van der Waals surface area contributed by atoms with E-state index in [1.54, 1.807) is 4.31 Å². The van der Waals surface area contributed by atoms with Crippen LogP contribution in [0.5, 0.6) is 0 Å². The summed E-state index contributed by atoms with van der Waals surface area (Å²) in [6.45, 7) is 7.78. The van der Waals surface area contributed by atoms with E-state index in [2.05, 4.69) is 25.2 Å². The average Bonchev–Trinajstić information content (AvgIpc) is 2.88. The Morgan fingerprint density at radius 2 is 2.05 bits per heavy atom. The first-order chi connectivity index (χ1) is 9.99. The molecule has 0 bridgehead atoms. The van der Waals surface area contributed by atoms with Crippen molar-refractivity contribution < 1.29 is 8.42 Å². The molecule has 5 heteroatoms. The molecular weight excluding hydrogens is 284 g/mol. The molecule has 1 aliphatic rings. The van der Waals surface area contributed by atoms with Gasteiger partial charge in [0.1, 0.15) is 0 Å². The number of benzene rings is 1. The Morgan fingerprint density at radius 3 is 2.71 bits per heavy atom. The summed E-state index contributed by atoms with van der Waals surface area (Å²) in [5, 5.41) is 3.47. The molecule has 0 radical (unpaired) electrons. The first-order valence-corrected chi connectivity index (χ1v) is 9.47. The maximum atomic E-state index is 12.3. The van der Waals surface area contributed by atoms with Crippen LogP contribution in [0, 0.1) is 0 Å². The lowest BCUT2D eigenvalue weighted by atomic mass is 10.0. The molecule has 4 nitrogen and oxygen atoms in total. The molecule has 1 atom stereocenters. The Labute approximate surface area is 128 Å². The van der Waals surface area contributed by atoms with Crippen LogP contribution in [-0.4, -0.2) is 27.3 Å². The van der Waals surface area contributed by atoms with Crippen molar-refractivity contribution in [3.63, 3.8) is 0 Å². The Hall–Kier alpha value is -1.07. The Kier molecular flexibility index (Phi) is 5.27. The average molecular weight is 310 g/mol. The third-order valence-electron chi connectivity index (χ3n) is 3.95. The van der Waals surface area contributed by atoms with E-state index in [0.717, 1.165) is 30.6 Å². The molecule has 0 fully saturated rings. The minimum absolute atomic E-state index is 0.225. The lowest BCUT2D eigenvalue weighted by Crippen LogP contribution is -2.31. The monoisotopic (exact) mass is 310 g/mol. The SMILES string of the molecule is CCCNC(C)c1ccc2c(c1)CCN2S(=O)(=O)CCC. The highest BCUT2D eigenvalue weighted by molar-refractivity contribution is 7.92. The van der Waals surface area contributed by atoms with Gasteiger partial charge in [0.25, 0.3) is 0 Å². The maximum absolute atomic E-state index is 12.3. The highest BCUT2D eigenvalue weighted by Crippen LogP contribution is 2.32. The molecule has 1 unspecified atom stereocenters. The maximum Gasteiger partial charge on any atom is 0.235 e. The minimum atomic E-state index is -3.15. The first kappa shape index (κ1) is 16.3. The van der Waals surface area contributed by atoms with E-state index in [9.17, 15) is 8.42 Å². The molecule has 0 aromatic heterocycles. The summed E-state index contributed by atoms with van der Waals surface area (Å²) in [6.07, 6.45) is 2.58. The number of sulfonamides is 1. The fourth-order valence-corrected chi connectivity index (χ4v) is 4.38. The molecule has 1 N–H and O–H groups in total. The molecule has 1 aliphatic heterocycles. The van der Waals surface area contributed by atoms with Gasteiger partial charge in [0.05, 0.1) is 11.4 Å². The van der Waals surface area contributed by atoms with Crippen LogP contribution in [0.25, 0.3) is 0 Å². The van der Waals surface area contributed by atoms with Crippen LogP contribution < -0.4 is 9.62 Å². The standard InChI is InChI=1S/C16H26N2O2S/c1-4-9-17-13(3)14-6-7-16-15(12-14)8-10-18(16)21(19,20)11-5-2/h6-7,12-13,17H,4-5,8-11H2,1-3H3. The van der Waals surface area contributed by atoms with Gasteiger partial charge in [-0.3, -0.25) is 4.31 Å². The summed E-state index contributed by atoms with van der Waals surface area (Å²) in [5.41, 5.74) is 3.25. The van der Waals surface area contributed by atoms with E-state index in [-0.39, 0.29) is 5.75 Å². The smallest absolute Gasteiger partial charge is 0.235 e. The lowest BCUT2D eigenvalue weighted by molar-refractivity contribution is 0.570. The normalized spacial score (nSPS) is 16.0. The molecular formula is C16H26N2O2S. The van der Waals surface area contributed by atoms with Gasteiger partial charge in [-0.05, 0) is 49.9 Å². The third kappa shape index (κ3) is 3.58. The van der Waals surface area contributed by atoms with E-state index in [0.29, 0.717) is 19.0 Å². The van der Waals surface area contributed by atoms with E-state index < -0.39 is 10.0 Å². The van der Waals surface area contributed by atoms with Gasteiger partial charge in [-0.25, -0.2) is 8.42 Å². The van der Waals surface area contributed by atoms with Crippen molar-refractivity contribution in [2.45, 2.75) is 46.1 Å². The van der Waals surface area contributed by atoms with Crippen molar-refractivity contribution in [1.29, 1.82) is 0 Å². The number of fused-ring (bicyclic) bond motifs is 1. The molecule has 1 aromatic carbocycles. The molecule has 0 saturated heterocycles. The number of nitrogens with zero attached hydrogens (tertiary/aromatic N) is 1. The van der Waals surface area contributed by atoms with Gasteiger partial charge in [-0.15, -0.1) is 0 Å². The molecule has 0 saturated carbocycles. The zero-order chi connectivity index (χ0) is 15.5. The van der Waals surface area contributed by atoms with Gasteiger partial charge in [-0.2, -0.15) is 0 Å². The second-order valence-electron chi connectivity index (χ2n) is 5.70. The van der Waals surface area contributed by atoms with Crippen molar-refractivity contribution in [1.82, 2.24) is 5.32 Å². The number of hydrogen-bond acceptors (Lipinski definition) is 3. The topological polar surface area (TPSA) is 49.4 Å². The minimum Gasteiger partial charge on any atom is -0.310 e. The molecule has 0 amide bonds. The molecule has 0 spiro atoms. The number of anilines is 1. The van der Waals surface area contributed by atoms with E-state index >= 15 is 0 Å². The number of rotatable bonds is 7. The van der Waals surface area contributed by atoms with Crippen LogP contribution >= 0.6 is 0 Å². The van der Waals surface area contributed by atoms with Crippen molar-refractivity contribution >= 4 is 15.7 Å². The lowest BCUT2D eigenvalue weighted by Gasteiger charge is -2.20. The second kappa shape index (κ2) is 6.79. The number of hydrogen-bond donors (Lipinski definition) is 1. The van der Waals surface area contributed by atoms with E-state index in [1.807, 2.05) is 19.1 Å². The van der Waals surface area contributed by atoms with Crippen LogP contribution in [-0.2, 0) is 16.4 Å². The zero-order valence-electron chi connectivity index (χ0n) is 13.2. The van der Waals surface area contributed by atoms with Crippen LogP contribution in [0.3, 0.4) is 0 Å². The molecule has 1 heterocycles. The van der Waals surface area contributed by atoms with Crippen molar-refractivity contribution in [3.8, 4) is 0 Å². The first-order valence-electron chi connectivity index (χ1n) is 7.86. The van der Waals surface area contributed by atoms with Crippen LogP contribution in [0.1, 0.15) is 50.8 Å². The van der Waals surface area contributed by atoms with Gasteiger partial charge in [-0.1, -0.05) is 26.0 Å². The van der Waals surface area contributed by atoms with Gasteiger partial charge in [0.15, 0.2) is 0 Å². The summed E-state index contributed by atoms with van der Waals surface area (Å²) >= 11 is 0. The summed E-state index contributed by atoms with van der Waals surface area (Å²) in [5.74, 6) is 0.225.